The Labute approximate surface area is 202 Å². The van der Waals surface area contributed by atoms with Crippen molar-refractivity contribution in [2.75, 3.05) is 13.2 Å². The molecule has 13 heteroatoms. The van der Waals surface area contributed by atoms with E-state index in [9.17, 15) is 34.2 Å². The van der Waals surface area contributed by atoms with E-state index in [0.29, 0.717) is 31.4 Å². The number of rotatable bonds is 16. The van der Waals surface area contributed by atoms with E-state index in [2.05, 4.69) is 16.0 Å². The number of benzene rings is 1. The van der Waals surface area contributed by atoms with Gasteiger partial charge >= 0.3 is 5.97 Å². The van der Waals surface area contributed by atoms with Crippen LogP contribution in [-0.2, 0) is 30.4 Å². The molecule has 0 aromatic heterocycles. The van der Waals surface area contributed by atoms with Crippen LogP contribution in [0.3, 0.4) is 0 Å². The van der Waals surface area contributed by atoms with E-state index in [4.69, 9.17) is 17.2 Å². The smallest absolute Gasteiger partial charge is 0.326 e. The van der Waals surface area contributed by atoms with E-state index < -0.39 is 66.8 Å². The first kappa shape index (κ1) is 29.5. The fraction of sp³-hybridized carbons (Fsp3) is 0.500. The molecule has 0 aliphatic carbocycles. The molecule has 0 heterocycles. The number of hydrogen-bond donors (Lipinski definition) is 8. The van der Waals surface area contributed by atoms with E-state index in [1.54, 1.807) is 30.3 Å². The van der Waals surface area contributed by atoms with Gasteiger partial charge in [0.15, 0.2) is 0 Å². The van der Waals surface area contributed by atoms with Crippen molar-refractivity contribution in [3.63, 3.8) is 0 Å². The molecule has 4 atom stereocenters. The van der Waals surface area contributed by atoms with Crippen LogP contribution in [-0.4, -0.2) is 77.1 Å². The van der Waals surface area contributed by atoms with Crippen molar-refractivity contribution in [3.8, 4) is 0 Å². The van der Waals surface area contributed by atoms with E-state index >= 15 is 0 Å². The number of hydrogen-bond acceptors (Lipinski definition) is 8. The molecule has 4 amide bonds. The van der Waals surface area contributed by atoms with Crippen LogP contribution in [0.25, 0.3) is 0 Å². The highest BCUT2D eigenvalue weighted by Gasteiger charge is 2.30. The molecule has 0 spiro atoms. The monoisotopic (exact) mass is 494 g/mol. The van der Waals surface area contributed by atoms with E-state index in [1.165, 1.54) is 0 Å². The van der Waals surface area contributed by atoms with Crippen LogP contribution in [0.2, 0.25) is 0 Å². The van der Waals surface area contributed by atoms with Gasteiger partial charge in [0.05, 0.1) is 19.1 Å². The fourth-order valence-electron chi connectivity index (χ4n) is 3.12. The van der Waals surface area contributed by atoms with Gasteiger partial charge in [-0.15, -0.1) is 0 Å². The topological polar surface area (TPSA) is 240 Å². The van der Waals surface area contributed by atoms with Gasteiger partial charge < -0.3 is 43.4 Å². The molecular formula is C22H34N6O7. The zero-order chi connectivity index (χ0) is 26.4. The lowest BCUT2D eigenvalue weighted by atomic mass is 10.1. The molecular weight excluding hydrogens is 460 g/mol. The van der Waals surface area contributed by atoms with Crippen LogP contribution in [0.15, 0.2) is 30.3 Å². The maximum atomic E-state index is 12.7. The van der Waals surface area contributed by atoms with Crippen molar-refractivity contribution in [1.82, 2.24) is 16.0 Å². The molecule has 0 saturated heterocycles. The molecule has 0 saturated carbocycles. The third-order valence-electron chi connectivity index (χ3n) is 5.06. The van der Waals surface area contributed by atoms with E-state index in [0.717, 1.165) is 0 Å². The molecule has 0 aliphatic heterocycles. The number of carbonyl (C=O) groups is 5. The predicted octanol–water partition coefficient (Wildman–Crippen LogP) is -2.91. The molecule has 0 fully saturated rings. The molecule has 13 nitrogen and oxygen atoms in total. The number of carbonyl (C=O) groups excluding carboxylic acids is 4. The average molecular weight is 495 g/mol. The lowest BCUT2D eigenvalue weighted by Gasteiger charge is -2.24. The Bertz CT molecular complexity index is 867. The summed E-state index contributed by atoms with van der Waals surface area (Å²) in [6.45, 7) is -0.440. The zero-order valence-corrected chi connectivity index (χ0v) is 19.3. The van der Waals surface area contributed by atoms with Crippen LogP contribution in [0.1, 0.15) is 31.2 Å². The predicted molar refractivity (Wildman–Crippen MR) is 125 cm³/mol. The minimum atomic E-state index is -1.55. The lowest BCUT2D eigenvalue weighted by Crippen LogP contribution is -2.58. The van der Waals surface area contributed by atoms with Gasteiger partial charge in [0.1, 0.15) is 18.1 Å². The Kier molecular flexibility index (Phi) is 12.9. The second kappa shape index (κ2) is 15.4. The van der Waals surface area contributed by atoms with Gasteiger partial charge in [0, 0.05) is 6.42 Å². The molecule has 1 aromatic rings. The number of aliphatic hydroxyl groups is 1. The number of unbranched alkanes of at least 4 members (excludes halogenated alkanes) is 1. The highest BCUT2D eigenvalue weighted by Crippen LogP contribution is 2.05. The first-order valence-electron chi connectivity index (χ1n) is 11.1. The highest BCUT2D eigenvalue weighted by atomic mass is 16.4. The van der Waals surface area contributed by atoms with Gasteiger partial charge in [-0.25, -0.2) is 4.79 Å². The Morgan fingerprint density at radius 2 is 1.43 bits per heavy atom. The summed E-state index contributed by atoms with van der Waals surface area (Å²) in [5.74, 6) is -4.86. The normalized spacial score (nSPS) is 14.1. The molecule has 0 aliphatic rings. The van der Waals surface area contributed by atoms with Gasteiger partial charge in [-0.2, -0.15) is 0 Å². The summed E-state index contributed by atoms with van der Waals surface area (Å²) in [7, 11) is 0. The molecule has 0 radical (unpaired) electrons. The van der Waals surface area contributed by atoms with Crippen molar-refractivity contribution in [1.29, 1.82) is 0 Å². The van der Waals surface area contributed by atoms with Crippen molar-refractivity contribution >= 4 is 29.6 Å². The second-order valence-electron chi connectivity index (χ2n) is 7.96. The number of aliphatic hydroxyl groups excluding tert-OH is 1. The summed E-state index contributed by atoms with van der Waals surface area (Å²) in [6, 6.07) is 3.25. The van der Waals surface area contributed by atoms with Crippen LogP contribution in [0, 0.1) is 0 Å². The quantitative estimate of drug-likeness (QED) is 0.110. The van der Waals surface area contributed by atoms with E-state index in [1.807, 2.05) is 0 Å². The number of carboxylic acid groups (broad SMARTS) is 1. The van der Waals surface area contributed by atoms with Crippen molar-refractivity contribution in [2.24, 2.45) is 17.2 Å². The molecule has 194 valence electrons. The molecule has 1 rings (SSSR count). The number of amides is 4. The van der Waals surface area contributed by atoms with Gasteiger partial charge in [-0.3, -0.25) is 19.2 Å². The second-order valence-corrected chi connectivity index (χ2v) is 7.96. The lowest BCUT2D eigenvalue weighted by molar-refractivity contribution is -0.142. The average Bonchev–Trinajstić information content (AvgIpc) is 2.81. The highest BCUT2D eigenvalue weighted by molar-refractivity contribution is 5.96. The van der Waals surface area contributed by atoms with Crippen LogP contribution in [0.4, 0.5) is 0 Å². The van der Waals surface area contributed by atoms with Crippen molar-refractivity contribution in [3.05, 3.63) is 35.9 Å². The number of aliphatic carboxylic acids is 1. The summed E-state index contributed by atoms with van der Waals surface area (Å²) < 4.78 is 0. The number of nitrogens with one attached hydrogen (secondary N) is 3. The number of carboxylic acids is 1. The Hall–Kier alpha value is -3.55. The summed E-state index contributed by atoms with van der Waals surface area (Å²) in [4.78, 5) is 60.6. The minimum absolute atomic E-state index is 0.0313. The largest absolute Gasteiger partial charge is 0.480 e. The van der Waals surface area contributed by atoms with Gasteiger partial charge in [0.25, 0.3) is 0 Å². The van der Waals surface area contributed by atoms with E-state index in [-0.39, 0.29) is 6.42 Å². The molecule has 1 aromatic carbocycles. The molecule has 4 unspecified atom stereocenters. The molecule has 35 heavy (non-hydrogen) atoms. The summed E-state index contributed by atoms with van der Waals surface area (Å²) in [6.07, 6.45) is 0.919. The maximum absolute atomic E-state index is 12.7. The fourth-order valence-corrected chi connectivity index (χ4v) is 3.12. The molecule has 0 bridgehead atoms. The Morgan fingerprint density at radius 3 is 1.97 bits per heavy atom. The first-order valence-corrected chi connectivity index (χ1v) is 11.1. The van der Waals surface area contributed by atoms with Crippen LogP contribution < -0.4 is 33.2 Å². The van der Waals surface area contributed by atoms with Crippen molar-refractivity contribution in [2.45, 2.75) is 56.3 Å². The summed E-state index contributed by atoms with van der Waals surface area (Å²) >= 11 is 0. The first-order chi connectivity index (χ1) is 16.6. The minimum Gasteiger partial charge on any atom is -0.480 e. The number of nitrogens with two attached hydrogens (primary N) is 3. The van der Waals surface area contributed by atoms with Crippen LogP contribution >= 0.6 is 0 Å². The van der Waals surface area contributed by atoms with Gasteiger partial charge in [0.2, 0.25) is 23.6 Å². The van der Waals surface area contributed by atoms with Gasteiger partial charge in [-0.1, -0.05) is 36.8 Å². The Morgan fingerprint density at radius 1 is 0.857 bits per heavy atom. The zero-order valence-electron chi connectivity index (χ0n) is 19.3. The maximum Gasteiger partial charge on any atom is 0.326 e. The Balaban J connectivity index is 2.83. The SMILES string of the molecule is NCCCCC(N)C(=O)NC(CC(N)=O)C(=O)NC(CO)C(=O)NC(Cc1ccccc1)C(=O)O. The standard InChI is InChI=1S/C22H34N6O7/c23-9-5-4-8-14(24)19(31)26-15(11-18(25)30)20(32)28-17(12-29)21(33)27-16(22(34)35)10-13-6-2-1-3-7-13/h1-3,6-7,14-17,29H,4-5,8-12,23-24H2,(H2,25,30)(H,26,31)(H,27,33)(H,28,32)(H,34,35). The van der Waals surface area contributed by atoms with Crippen LogP contribution in [0.5, 0.6) is 0 Å². The number of primary amides is 1. The molecule has 11 N–H and O–H groups in total. The summed E-state index contributed by atoms with van der Waals surface area (Å²) in [5.41, 5.74) is 17.0. The third kappa shape index (κ3) is 10.9. The van der Waals surface area contributed by atoms with Crippen molar-refractivity contribution < 1.29 is 34.2 Å². The third-order valence-corrected chi connectivity index (χ3v) is 5.06. The van der Waals surface area contributed by atoms with Gasteiger partial charge in [-0.05, 0) is 24.9 Å². The summed E-state index contributed by atoms with van der Waals surface area (Å²) in [5, 5.41) is 25.9.